The Morgan fingerprint density at radius 3 is 2.05 bits per heavy atom. The molecule has 2 aromatic carbocycles. The zero-order valence-electron chi connectivity index (χ0n) is 12.7. The summed E-state index contributed by atoms with van der Waals surface area (Å²) in [6.45, 7) is 3.95. The third kappa shape index (κ3) is 5.05. The van der Waals surface area contributed by atoms with Gasteiger partial charge in [0.2, 0.25) is 0 Å². The smallest absolute Gasteiger partial charge is 0.335 e. The van der Waals surface area contributed by atoms with Gasteiger partial charge in [0.1, 0.15) is 0 Å². The first-order valence-corrected chi connectivity index (χ1v) is 7.13. The van der Waals surface area contributed by atoms with Gasteiger partial charge in [0, 0.05) is 0 Å². The number of hydrogen-bond acceptors (Lipinski definition) is 2. The quantitative estimate of drug-likeness (QED) is 0.898. The van der Waals surface area contributed by atoms with Crippen LogP contribution in [0.5, 0.6) is 0 Å². The van der Waals surface area contributed by atoms with Gasteiger partial charge in [-0.25, -0.2) is 9.59 Å². The largest absolute Gasteiger partial charge is 0.478 e. The summed E-state index contributed by atoms with van der Waals surface area (Å²) in [6.07, 6.45) is 1.64. The molecule has 2 aromatic rings. The first kappa shape index (κ1) is 17.4. The SMILES string of the molecule is CCc1cccc(C(=O)O)c1.CCc1ccccc1C(=O)O. The molecular weight excluding hydrogens is 280 g/mol. The van der Waals surface area contributed by atoms with Crippen LogP contribution in [0.25, 0.3) is 0 Å². The van der Waals surface area contributed by atoms with E-state index in [4.69, 9.17) is 10.2 Å². The normalized spacial score (nSPS) is 9.55. The van der Waals surface area contributed by atoms with E-state index >= 15 is 0 Å². The van der Waals surface area contributed by atoms with E-state index < -0.39 is 11.9 Å². The van der Waals surface area contributed by atoms with Gasteiger partial charge < -0.3 is 10.2 Å². The molecule has 0 aromatic heterocycles. The number of aromatic carboxylic acids is 2. The average Bonchev–Trinajstić information content (AvgIpc) is 2.55. The van der Waals surface area contributed by atoms with Crippen molar-refractivity contribution in [3.63, 3.8) is 0 Å². The fourth-order valence-electron chi connectivity index (χ4n) is 1.96. The van der Waals surface area contributed by atoms with E-state index in [1.165, 1.54) is 0 Å². The van der Waals surface area contributed by atoms with Crippen LogP contribution in [0.1, 0.15) is 45.7 Å². The van der Waals surface area contributed by atoms with Gasteiger partial charge in [0.25, 0.3) is 0 Å². The first-order valence-electron chi connectivity index (χ1n) is 7.13. The molecule has 0 saturated carbocycles. The average molecular weight is 300 g/mol. The lowest BCUT2D eigenvalue weighted by atomic mass is 10.1. The molecule has 22 heavy (non-hydrogen) atoms. The van der Waals surface area contributed by atoms with E-state index in [9.17, 15) is 9.59 Å². The highest BCUT2D eigenvalue weighted by Gasteiger charge is 2.05. The molecule has 0 heterocycles. The van der Waals surface area contributed by atoms with Crippen LogP contribution in [-0.4, -0.2) is 22.2 Å². The summed E-state index contributed by atoms with van der Waals surface area (Å²) in [4.78, 5) is 21.0. The molecule has 0 aliphatic heterocycles. The van der Waals surface area contributed by atoms with Crippen molar-refractivity contribution in [3.05, 3.63) is 70.8 Å². The third-order valence-corrected chi connectivity index (χ3v) is 3.21. The van der Waals surface area contributed by atoms with Crippen molar-refractivity contribution < 1.29 is 19.8 Å². The van der Waals surface area contributed by atoms with Crippen molar-refractivity contribution in [2.45, 2.75) is 26.7 Å². The molecule has 4 nitrogen and oxygen atoms in total. The van der Waals surface area contributed by atoms with Crippen LogP contribution in [0.15, 0.2) is 48.5 Å². The molecule has 0 aliphatic carbocycles. The maximum Gasteiger partial charge on any atom is 0.335 e. The van der Waals surface area contributed by atoms with Gasteiger partial charge in [-0.2, -0.15) is 0 Å². The van der Waals surface area contributed by atoms with Gasteiger partial charge in [0.15, 0.2) is 0 Å². The summed E-state index contributed by atoms with van der Waals surface area (Å²) in [5, 5.41) is 17.3. The fourth-order valence-corrected chi connectivity index (χ4v) is 1.96. The molecule has 0 radical (unpaired) electrons. The molecule has 2 N–H and O–H groups in total. The van der Waals surface area contributed by atoms with Crippen molar-refractivity contribution in [2.24, 2.45) is 0 Å². The van der Waals surface area contributed by atoms with Gasteiger partial charge in [0.05, 0.1) is 11.1 Å². The van der Waals surface area contributed by atoms with Crippen molar-refractivity contribution in [3.8, 4) is 0 Å². The molecule has 0 bridgehead atoms. The number of aryl methyl sites for hydroxylation is 2. The molecule has 0 aliphatic rings. The summed E-state index contributed by atoms with van der Waals surface area (Å²) >= 11 is 0. The van der Waals surface area contributed by atoms with Gasteiger partial charge in [-0.15, -0.1) is 0 Å². The minimum Gasteiger partial charge on any atom is -0.478 e. The highest BCUT2D eigenvalue weighted by molar-refractivity contribution is 5.89. The number of carbonyl (C=O) groups is 2. The molecule has 2 rings (SSSR count). The highest BCUT2D eigenvalue weighted by Crippen LogP contribution is 2.08. The molecule has 4 heteroatoms. The van der Waals surface area contributed by atoms with Crippen LogP contribution in [0.3, 0.4) is 0 Å². The van der Waals surface area contributed by atoms with Crippen molar-refractivity contribution in [2.75, 3.05) is 0 Å². The van der Waals surface area contributed by atoms with Crippen LogP contribution in [0.2, 0.25) is 0 Å². The van der Waals surface area contributed by atoms with Crippen molar-refractivity contribution >= 4 is 11.9 Å². The molecule has 116 valence electrons. The fraction of sp³-hybridized carbons (Fsp3) is 0.222. The lowest BCUT2D eigenvalue weighted by Crippen LogP contribution is -2.00. The second-order valence-electron chi connectivity index (χ2n) is 4.67. The predicted molar refractivity (Wildman–Crippen MR) is 85.6 cm³/mol. The number of hydrogen-bond donors (Lipinski definition) is 2. The Hall–Kier alpha value is -2.62. The number of carboxylic acids is 2. The Morgan fingerprint density at radius 1 is 0.864 bits per heavy atom. The zero-order valence-corrected chi connectivity index (χ0v) is 12.7. The van der Waals surface area contributed by atoms with Crippen LogP contribution in [0, 0.1) is 0 Å². The minimum absolute atomic E-state index is 0.365. The predicted octanol–water partition coefficient (Wildman–Crippen LogP) is 3.89. The Morgan fingerprint density at radius 2 is 1.55 bits per heavy atom. The molecule has 0 atom stereocenters. The van der Waals surface area contributed by atoms with E-state index in [0.717, 1.165) is 24.0 Å². The maximum atomic E-state index is 10.6. The second kappa shape index (κ2) is 8.62. The highest BCUT2D eigenvalue weighted by atomic mass is 16.4. The number of rotatable bonds is 4. The number of benzene rings is 2. The molecule has 0 amide bonds. The van der Waals surface area contributed by atoms with E-state index in [-0.39, 0.29) is 0 Å². The molecule has 0 unspecified atom stereocenters. The molecule has 0 spiro atoms. The Bertz CT molecular complexity index is 647. The zero-order chi connectivity index (χ0) is 16.5. The van der Waals surface area contributed by atoms with E-state index in [1.54, 1.807) is 30.3 Å². The monoisotopic (exact) mass is 300 g/mol. The molecular formula is C18H20O4. The van der Waals surface area contributed by atoms with Gasteiger partial charge in [-0.3, -0.25) is 0 Å². The van der Waals surface area contributed by atoms with Crippen molar-refractivity contribution in [1.82, 2.24) is 0 Å². The summed E-state index contributed by atoms with van der Waals surface area (Å²) in [5.74, 6) is -1.71. The van der Waals surface area contributed by atoms with Crippen LogP contribution in [-0.2, 0) is 12.8 Å². The summed E-state index contributed by atoms with van der Waals surface area (Å²) in [7, 11) is 0. The third-order valence-electron chi connectivity index (χ3n) is 3.21. The first-order chi connectivity index (χ1) is 10.5. The van der Waals surface area contributed by atoms with Crippen LogP contribution < -0.4 is 0 Å². The van der Waals surface area contributed by atoms with E-state index in [0.29, 0.717) is 11.1 Å². The van der Waals surface area contributed by atoms with E-state index in [1.807, 2.05) is 32.0 Å². The topological polar surface area (TPSA) is 74.6 Å². The maximum absolute atomic E-state index is 10.6. The Labute approximate surface area is 130 Å². The Balaban J connectivity index is 0.000000220. The molecule has 0 saturated heterocycles. The minimum atomic E-state index is -0.861. The summed E-state index contributed by atoms with van der Waals surface area (Å²) in [6, 6.07) is 14.0. The van der Waals surface area contributed by atoms with Crippen LogP contribution in [0.4, 0.5) is 0 Å². The summed E-state index contributed by atoms with van der Waals surface area (Å²) in [5.41, 5.74) is 2.73. The van der Waals surface area contributed by atoms with Gasteiger partial charge >= 0.3 is 11.9 Å². The summed E-state index contributed by atoms with van der Waals surface area (Å²) < 4.78 is 0. The standard InChI is InChI=1S/2C9H10O2/c1-2-7-4-3-5-8(6-7)9(10)11;1-2-7-5-3-4-6-8(7)9(10)11/h2*3-6H,2H2,1H3,(H,10,11). The number of carboxylic acid groups (broad SMARTS) is 2. The Kier molecular flexibility index (Phi) is 6.83. The lowest BCUT2D eigenvalue weighted by molar-refractivity contribution is 0.0685. The van der Waals surface area contributed by atoms with Gasteiger partial charge in [-0.1, -0.05) is 44.2 Å². The lowest BCUT2D eigenvalue weighted by Gasteiger charge is -2.00. The van der Waals surface area contributed by atoms with Gasteiger partial charge in [-0.05, 0) is 42.2 Å². The molecule has 0 fully saturated rings. The van der Waals surface area contributed by atoms with Crippen LogP contribution >= 0.6 is 0 Å². The second-order valence-corrected chi connectivity index (χ2v) is 4.67. The van der Waals surface area contributed by atoms with Crippen molar-refractivity contribution in [1.29, 1.82) is 0 Å². The van der Waals surface area contributed by atoms with E-state index in [2.05, 4.69) is 0 Å².